The van der Waals surface area contributed by atoms with Crippen LogP contribution in [0.25, 0.3) is 5.82 Å². The molecule has 0 saturated heterocycles. The van der Waals surface area contributed by atoms with Crippen LogP contribution in [0.3, 0.4) is 0 Å². The Labute approximate surface area is 94.6 Å². The molecule has 2 aromatic heterocycles. The van der Waals surface area contributed by atoms with Crippen molar-refractivity contribution in [2.75, 3.05) is 0 Å². The quantitative estimate of drug-likeness (QED) is 0.854. The van der Waals surface area contributed by atoms with E-state index in [0.29, 0.717) is 5.92 Å². The van der Waals surface area contributed by atoms with Crippen molar-refractivity contribution >= 4 is 0 Å². The first kappa shape index (κ1) is 10.8. The summed E-state index contributed by atoms with van der Waals surface area (Å²) in [4.78, 5) is 4.23. The summed E-state index contributed by atoms with van der Waals surface area (Å²) in [6, 6.07) is 5.69. The number of aliphatic hydroxyl groups is 1. The van der Waals surface area contributed by atoms with Crippen molar-refractivity contribution in [2.45, 2.75) is 26.4 Å². The Balaban J connectivity index is 2.28. The van der Waals surface area contributed by atoms with E-state index in [9.17, 15) is 0 Å². The molecule has 1 N–H and O–H groups in total. The molecule has 2 heterocycles. The molecular weight excluding hydrogens is 202 g/mol. The number of hydrogen-bond donors (Lipinski definition) is 1. The maximum atomic E-state index is 8.91. The molecule has 0 radical (unpaired) electrons. The zero-order valence-electron chi connectivity index (χ0n) is 9.46. The Bertz CT molecular complexity index is 459. The van der Waals surface area contributed by atoms with Gasteiger partial charge in [-0.15, -0.1) is 0 Å². The fraction of sp³-hybridized carbons (Fsp3) is 0.333. The van der Waals surface area contributed by atoms with Crippen molar-refractivity contribution in [3.05, 3.63) is 41.9 Å². The van der Waals surface area contributed by atoms with E-state index in [-0.39, 0.29) is 6.61 Å². The number of aliphatic hydroxyl groups excluding tert-OH is 1. The minimum absolute atomic E-state index is 0.0175. The first-order chi connectivity index (χ1) is 7.70. The van der Waals surface area contributed by atoms with Gasteiger partial charge in [0.25, 0.3) is 0 Å². The van der Waals surface area contributed by atoms with E-state index in [1.54, 1.807) is 10.9 Å². The SMILES string of the molecule is CC(C)c1ccn(-c2ccc(CO)cn2)n1. The molecule has 0 aliphatic heterocycles. The third-order valence-corrected chi connectivity index (χ3v) is 2.43. The van der Waals surface area contributed by atoms with Crippen LogP contribution in [-0.2, 0) is 6.61 Å². The summed E-state index contributed by atoms with van der Waals surface area (Å²) < 4.78 is 1.75. The summed E-state index contributed by atoms with van der Waals surface area (Å²) >= 11 is 0. The molecule has 4 heteroatoms. The highest BCUT2D eigenvalue weighted by Crippen LogP contribution is 2.13. The fourth-order valence-corrected chi connectivity index (χ4v) is 1.42. The van der Waals surface area contributed by atoms with E-state index < -0.39 is 0 Å². The molecule has 2 aromatic rings. The Morgan fingerprint density at radius 1 is 1.31 bits per heavy atom. The van der Waals surface area contributed by atoms with Crippen molar-refractivity contribution in [2.24, 2.45) is 0 Å². The van der Waals surface area contributed by atoms with Gasteiger partial charge < -0.3 is 5.11 Å². The zero-order valence-corrected chi connectivity index (χ0v) is 9.46. The largest absolute Gasteiger partial charge is 0.392 e. The van der Waals surface area contributed by atoms with Crippen molar-refractivity contribution in [1.82, 2.24) is 14.8 Å². The Kier molecular flexibility index (Phi) is 3.01. The van der Waals surface area contributed by atoms with Gasteiger partial charge in [-0.05, 0) is 23.6 Å². The van der Waals surface area contributed by atoms with E-state index >= 15 is 0 Å². The Morgan fingerprint density at radius 3 is 2.62 bits per heavy atom. The van der Waals surface area contributed by atoms with Crippen molar-refractivity contribution in [1.29, 1.82) is 0 Å². The molecule has 16 heavy (non-hydrogen) atoms. The Hall–Kier alpha value is -1.68. The van der Waals surface area contributed by atoms with Crippen molar-refractivity contribution in [3.63, 3.8) is 0 Å². The molecule has 0 spiro atoms. The maximum absolute atomic E-state index is 8.91. The normalized spacial score (nSPS) is 11.0. The van der Waals surface area contributed by atoms with Crippen LogP contribution in [0.15, 0.2) is 30.6 Å². The Morgan fingerprint density at radius 2 is 2.12 bits per heavy atom. The van der Waals surface area contributed by atoms with Crippen LogP contribution in [0.5, 0.6) is 0 Å². The topological polar surface area (TPSA) is 50.9 Å². The van der Waals surface area contributed by atoms with Gasteiger partial charge in [-0.1, -0.05) is 19.9 Å². The van der Waals surface area contributed by atoms with Gasteiger partial charge in [-0.25, -0.2) is 9.67 Å². The molecule has 0 atom stereocenters. The highest BCUT2D eigenvalue weighted by molar-refractivity contribution is 5.25. The highest BCUT2D eigenvalue weighted by atomic mass is 16.3. The second-order valence-corrected chi connectivity index (χ2v) is 4.02. The lowest BCUT2D eigenvalue weighted by Crippen LogP contribution is -2.00. The van der Waals surface area contributed by atoms with Gasteiger partial charge in [-0.2, -0.15) is 5.10 Å². The molecule has 0 fully saturated rings. The van der Waals surface area contributed by atoms with Gasteiger partial charge in [0.05, 0.1) is 12.3 Å². The van der Waals surface area contributed by atoms with Gasteiger partial charge in [0.1, 0.15) is 0 Å². The first-order valence-corrected chi connectivity index (χ1v) is 5.32. The molecule has 84 valence electrons. The second kappa shape index (κ2) is 4.45. The maximum Gasteiger partial charge on any atom is 0.153 e. The minimum atomic E-state index is 0.0175. The van der Waals surface area contributed by atoms with Crippen LogP contribution < -0.4 is 0 Å². The second-order valence-electron chi connectivity index (χ2n) is 4.02. The van der Waals surface area contributed by atoms with Crippen LogP contribution in [-0.4, -0.2) is 19.9 Å². The number of nitrogens with zero attached hydrogens (tertiary/aromatic N) is 3. The molecule has 0 saturated carbocycles. The fourth-order valence-electron chi connectivity index (χ4n) is 1.42. The van der Waals surface area contributed by atoms with Crippen molar-refractivity contribution in [3.8, 4) is 5.82 Å². The molecule has 4 nitrogen and oxygen atoms in total. The average Bonchev–Trinajstić information content (AvgIpc) is 2.78. The van der Waals surface area contributed by atoms with Gasteiger partial charge in [0.2, 0.25) is 0 Å². The summed E-state index contributed by atoms with van der Waals surface area (Å²) in [5, 5.41) is 13.3. The number of hydrogen-bond acceptors (Lipinski definition) is 3. The van der Waals surface area contributed by atoms with E-state index in [2.05, 4.69) is 23.9 Å². The number of aromatic nitrogens is 3. The lowest BCUT2D eigenvalue weighted by molar-refractivity contribution is 0.281. The molecule has 0 unspecified atom stereocenters. The van der Waals surface area contributed by atoms with Gasteiger partial charge >= 0.3 is 0 Å². The molecule has 0 amide bonds. The standard InChI is InChI=1S/C12H15N3O/c1-9(2)11-5-6-15(14-11)12-4-3-10(8-16)7-13-12/h3-7,9,16H,8H2,1-2H3. The predicted molar refractivity (Wildman–Crippen MR) is 61.4 cm³/mol. The van der Waals surface area contributed by atoms with Crippen LogP contribution in [0.1, 0.15) is 31.0 Å². The molecule has 0 aliphatic carbocycles. The molecule has 2 rings (SSSR count). The monoisotopic (exact) mass is 217 g/mol. The van der Waals surface area contributed by atoms with E-state index in [0.717, 1.165) is 17.1 Å². The molecule has 0 aliphatic rings. The zero-order chi connectivity index (χ0) is 11.5. The number of pyridine rings is 1. The summed E-state index contributed by atoms with van der Waals surface area (Å²) in [6.45, 7) is 4.23. The molecule has 0 aromatic carbocycles. The van der Waals surface area contributed by atoms with E-state index in [1.165, 1.54) is 0 Å². The first-order valence-electron chi connectivity index (χ1n) is 5.32. The van der Waals surface area contributed by atoms with Gasteiger partial charge in [-0.3, -0.25) is 0 Å². The summed E-state index contributed by atoms with van der Waals surface area (Å²) in [5.74, 6) is 1.18. The van der Waals surface area contributed by atoms with Crippen LogP contribution in [0.4, 0.5) is 0 Å². The smallest absolute Gasteiger partial charge is 0.153 e. The van der Waals surface area contributed by atoms with Crippen LogP contribution in [0.2, 0.25) is 0 Å². The lowest BCUT2D eigenvalue weighted by Gasteiger charge is -2.02. The van der Waals surface area contributed by atoms with Gasteiger partial charge in [0, 0.05) is 12.4 Å². The third kappa shape index (κ3) is 2.12. The van der Waals surface area contributed by atoms with E-state index in [1.807, 2.05) is 24.4 Å². The van der Waals surface area contributed by atoms with Crippen LogP contribution in [0, 0.1) is 0 Å². The number of rotatable bonds is 3. The van der Waals surface area contributed by atoms with Crippen LogP contribution >= 0.6 is 0 Å². The molecule has 0 bridgehead atoms. The average molecular weight is 217 g/mol. The predicted octanol–water partition coefficient (Wildman–Crippen LogP) is 1.88. The van der Waals surface area contributed by atoms with Gasteiger partial charge in [0.15, 0.2) is 5.82 Å². The highest BCUT2D eigenvalue weighted by Gasteiger charge is 2.05. The van der Waals surface area contributed by atoms with E-state index in [4.69, 9.17) is 5.11 Å². The lowest BCUT2D eigenvalue weighted by atomic mass is 10.1. The summed E-state index contributed by atoms with van der Waals surface area (Å²) in [7, 11) is 0. The third-order valence-electron chi connectivity index (χ3n) is 2.43. The summed E-state index contributed by atoms with van der Waals surface area (Å²) in [6.07, 6.45) is 3.56. The van der Waals surface area contributed by atoms with Crippen molar-refractivity contribution < 1.29 is 5.11 Å². The molecular formula is C12H15N3O. The summed E-state index contributed by atoms with van der Waals surface area (Å²) in [5.41, 5.74) is 1.85. The minimum Gasteiger partial charge on any atom is -0.392 e.